The van der Waals surface area contributed by atoms with Crippen molar-refractivity contribution < 1.29 is 85.6 Å². The van der Waals surface area contributed by atoms with Gasteiger partial charge in [0.25, 0.3) is 23.6 Å². The van der Waals surface area contributed by atoms with E-state index < -0.39 is 59.4 Å². The number of rotatable bonds is 38. The number of hydrogen-bond donors (Lipinski definition) is 0. The van der Waals surface area contributed by atoms with Gasteiger partial charge in [-0.1, -0.05) is 130 Å². The molecular formula is C94H104N4O18. The van der Waals surface area contributed by atoms with Crippen LogP contribution in [0.15, 0.2) is 121 Å². The number of hydrogen-bond acceptors (Lipinski definition) is 18. The highest BCUT2D eigenvalue weighted by Crippen LogP contribution is 2.59. The van der Waals surface area contributed by atoms with Crippen molar-refractivity contribution >= 4 is 78.5 Å². The topological polar surface area (TPSA) is 239 Å². The third kappa shape index (κ3) is 16.5. The SMILES string of the molecule is CC(C)c1ccc(Oc2cc3c4c(cc(Oc5ccc(C(C)C)cc5)c5c6c(Oc7ccc(C(C)C)cc7)cc7c8c(cc(Oc9ccc(C(C)C)cc9)c(c2c45)c86)C(=O)N(C(C(=O)N(CCOCC2CO2)CCOCC2CO2)C2CCCC2)C7=O)C(=O)N(C(C(=O)N(CCOCC2CO2)CCOCC2CO2)C2CCCC2)C3=O)cc1. The average molecular weight is 1580 g/mol. The molecule has 608 valence electrons. The van der Waals surface area contributed by atoms with Crippen molar-refractivity contribution in [3.05, 3.63) is 166 Å². The van der Waals surface area contributed by atoms with Crippen molar-refractivity contribution in [2.24, 2.45) is 11.8 Å². The van der Waals surface area contributed by atoms with Crippen molar-refractivity contribution in [3.8, 4) is 46.0 Å². The highest BCUT2D eigenvalue weighted by Gasteiger charge is 2.51. The Labute approximate surface area is 676 Å². The van der Waals surface area contributed by atoms with Crippen molar-refractivity contribution in [1.29, 1.82) is 0 Å². The molecular weight excluding hydrogens is 1470 g/mol. The number of nitrogens with zero attached hydrogens (tertiary/aromatic N) is 4. The number of carbonyl (C=O) groups excluding carboxylic acids is 6. The van der Waals surface area contributed by atoms with Gasteiger partial charge in [-0.2, -0.15) is 0 Å². The Kier molecular flexibility index (Phi) is 23.0. The van der Waals surface area contributed by atoms with Crippen LogP contribution in [-0.4, -0.2) is 197 Å². The van der Waals surface area contributed by atoms with Gasteiger partial charge in [-0.3, -0.25) is 38.6 Å². The highest BCUT2D eigenvalue weighted by atomic mass is 16.6. The summed E-state index contributed by atoms with van der Waals surface area (Å²) in [7, 11) is 0. The Morgan fingerprint density at radius 2 is 0.569 bits per heavy atom. The zero-order chi connectivity index (χ0) is 80.2. The fourth-order valence-corrected chi connectivity index (χ4v) is 17.4. The first-order valence-electron chi connectivity index (χ1n) is 41.9. The summed E-state index contributed by atoms with van der Waals surface area (Å²) in [5.74, 6) is -1.80. The minimum Gasteiger partial charge on any atom is -0.457 e. The first-order valence-corrected chi connectivity index (χ1v) is 41.9. The summed E-state index contributed by atoms with van der Waals surface area (Å²) in [5, 5.41) is 2.51. The molecule has 116 heavy (non-hydrogen) atoms. The fraction of sp³-hybridized carbons (Fsp3) is 0.468. The lowest BCUT2D eigenvalue weighted by molar-refractivity contribution is -0.139. The van der Waals surface area contributed by atoms with Gasteiger partial charge in [-0.25, -0.2) is 0 Å². The smallest absolute Gasteiger partial charge is 0.262 e. The average Bonchev–Trinajstić information content (AvgIpc) is 0.930. The molecule has 9 aromatic rings. The molecule has 6 fully saturated rings. The molecule has 6 amide bonds. The zero-order valence-corrected chi connectivity index (χ0v) is 67.6. The lowest BCUT2D eigenvalue weighted by Gasteiger charge is -2.40. The van der Waals surface area contributed by atoms with Crippen LogP contribution in [-0.2, 0) is 47.5 Å². The molecule has 8 aliphatic rings. The van der Waals surface area contributed by atoms with Gasteiger partial charge in [-0.05, 0) is 156 Å². The second-order valence-corrected chi connectivity index (χ2v) is 33.7. The molecule has 9 aromatic carbocycles. The van der Waals surface area contributed by atoms with E-state index in [1.165, 1.54) is 9.80 Å². The minimum atomic E-state index is -1.28. The molecule has 6 atom stereocenters. The van der Waals surface area contributed by atoms with Gasteiger partial charge in [0, 0.05) is 69.3 Å². The zero-order valence-electron chi connectivity index (χ0n) is 67.6. The predicted molar refractivity (Wildman–Crippen MR) is 438 cm³/mol. The van der Waals surface area contributed by atoms with Crippen LogP contribution >= 0.6 is 0 Å². The molecule has 0 radical (unpaired) electrons. The third-order valence-corrected chi connectivity index (χ3v) is 24.3. The summed E-state index contributed by atoms with van der Waals surface area (Å²) < 4.78 is 76.2. The third-order valence-electron chi connectivity index (χ3n) is 24.3. The molecule has 0 aromatic heterocycles. The van der Waals surface area contributed by atoms with E-state index in [4.69, 9.17) is 56.8 Å². The molecule has 17 rings (SSSR count). The van der Waals surface area contributed by atoms with E-state index in [0.29, 0.717) is 134 Å². The van der Waals surface area contributed by atoms with Gasteiger partial charge < -0.3 is 66.6 Å². The number of benzene rings is 9. The van der Waals surface area contributed by atoms with Crippen LogP contribution in [0.4, 0.5) is 0 Å². The Hall–Kier alpha value is -9.62. The Morgan fingerprint density at radius 3 is 0.776 bits per heavy atom. The number of imide groups is 2. The second kappa shape index (κ2) is 33.8. The second-order valence-electron chi connectivity index (χ2n) is 33.7. The number of fused-ring (bicyclic) bond motifs is 2. The van der Waals surface area contributed by atoms with E-state index >= 15 is 28.8 Å². The number of carbonyl (C=O) groups is 6. The first-order chi connectivity index (χ1) is 56.3. The Bertz CT molecular complexity index is 4560. The standard InChI is InChI=1S/C94H104N4O18/c1-53(2)57-17-25-63(26-18-57)113-75-41-71-79-72(90(100)97(89(71)99)87(61-13-9-10-14-61)93(103)95(33-37-105-45-67-49-109-67)34-38-106-46-68-50-110-68)43-77(115-65-29-21-59(22-30-65)55(5)6)83-84-78(116-66-31-23-60(24-32-66)56(7)8)44-74-80-73(42-76(82(86(80)84)81(75)85(79)83)114-64-27-19-58(20-28-64)54(3)4)91(101)98(92(74)102)88(62-15-11-12-16-62)94(104)96(35-39-107-47-69-51-111-69)36-40-108-48-70-52-112-70/h17-32,41-44,53-56,61-62,67-70,87-88H,9-16,33-40,45-52H2,1-8H3. The van der Waals surface area contributed by atoms with Gasteiger partial charge in [0.15, 0.2) is 0 Å². The number of epoxide rings is 4. The van der Waals surface area contributed by atoms with Crippen molar-refractivity contribution in [3.63, 3.8) is 0 Å². The van der Waals surface area contributed by atoms with Crippen molar-refractivity contribution in [2.75, 3.05) is 105 Å². The van der Waals surface area contributed by atoms with E-state index in [2.05, 4.69) is 55.4 Å². The molecule has 0 N–H and O–H groups in total. The molecule has 2 saturated carbocycles. The maximum absolute atomic E-state index is 17.0. The fourth-order valence-electron chi connectivity index (χ4n) is 17.4. The summed E-state index contributed by atoms with van der Waals surface area (Å²) in [6.07, 6.45) is 5.31. The van der Waals surface area contributed by atoms with Gasteiger partial charge in [0.05, 0.1) is 102 Å². The maximum atomic E-state index is 17.0. The summed E-state index contributed by atoms with van der Waals surface area (Å²) in [6.45, 7) is 22.0. The van der Waals surface area contributed by atoms with Gasteiger partial charge in [0.2, 0.25) is 11.8 Å². The molecule has 6 unspecified atom stereocenters. The van der Waals surface area contributed by atoms with Crippen LogP contribution in [0.25, 0.3) is 43.1 Å². The minimum absolute atomic E-state index is 0.0201. The molecule has 2 aliphatic carbocycles. The van der Waals surface area contributed by atoms with E-state index in [1.807, 2.05) is 97.1 Å². The molecule has 22 nitrogen and oxygen atoms in total. The summed E-state index contributed by atoms with van der Waals surface area (Å²) in [5.41, 5.74) is 4.46. The quantitative estimate of drug-likeness (QED) is 0.0115. The van der Waals surface area contributed by atoms with Crippen LogP contribution < -0.4 is 18.9 Å². The lowest BCUT2D eigenvalue weighted by Crippen LogP contribution is -2.58. The van der Waals surface area contributed by atoms with Crippen LogP contribution in [0.3, 0.4) is 0 Å². The Balaban J connectivity index is 0.937. The van der Waals surface area contributed by atoms with E-state index in [0.717, 1.165) is 47.9 Å². The summed E-state index contributed by atoms with van der Waals surface area (Å²) in [4.78, 5) is 106. The van der Waals surface area contributed by atoms with Crippen LogP contribution in [0, 0.1) is 11.8 Å². The van der Waals surface area contributed by atoms with Crippen LogP contribution in [0.1, 0.15) is 194 Å². The van der Waals surface area contributed by atoms with Gasteiger partial charge in [-0.15, -0.1) is 0 Å². The van der Waals surface area contributed by atoms with Crippen LogP contribution in [0.2, 0.25) is 0 Å². The highest BCUT2D eigenvalue weighted by molar-refractivity contribution is 6.45. The molecule has 0 bridgehead atoms. The largest absolute Gasteiger partial charge is 0.457 e. The molecule has 4 saturated heterocycles. The van der Waals surface area contributed by atoms with E-state index in [-0.39, 0.29) is 157 Å². The summed E-state index contributed by atoms with van der Waals surface area (Å²) >= 11 is 0. The van der Waals surface area contributed by atoms with Crippen LogP contribution in [0.5, 0.6) is 46.0 Å². The van der Waals surface area contributed by atoms with Gasteiger partial charge >= 0.3 is 0 Å². The molecule has 6 aliphatic heterocycles. The molecule has 22 heteroatoms. The first kappa shape index (κ1) is 78.9. The van der Waals surface area contributed by atoms with Gasteiger partial charge in [0.1, 0.15) is 82.5 Å². The molecule has 0 spiro atoms. The normalized spacial score (nSPS) is 19.7. The lowest BCUT2D eigenvalue weighted by atomic mass is 9.79. The number of ether oxygens (including phenoxy) is 12. The monoisotopic (exact) mass is 1580 g/mol. The summed E-state index contributed by atoms with van der Waals surface area (Å²) in [6, 6.07) is 35.2. The Morgan fingerprint density at radius 1 is 0.345 bits per heavy atom. The maximum Gasteiger partial charge on any atom is 0.262 e. The van der Waals surface area contributed by atoms with E-state index in [9.17, 15) is 0 Å². The van der Waals surface area contributed by atoms with Crippen molar-refractivity contribution in [2.45, 2.75) is 167 Å². The predicted octanol–water partition coefficient (Wildman–Crippen LogP) is 17.0. The number of amides is 6. The van der Waals surface area contributed by atoms with E-state index in [1.54, 1.807) is 34.1 Å². The molecule has 6 heterocycles. The van der Waals surface area contributed by atoms with Crippen molar-refractivity contribution in [1.82, 2.24) is 19.6 Å².